The Hall–Kier alpha value is -2.33. The molecule has 0 atom stereocenters. The van der Waals surface area contributed by atoms with Crippen LogP contribution in [-0.4, -0.2) is 5.91 Å². The summed E-state index contributed by atoms with van der Waals surface area (Å²) >= 11 is 3.16. The quantitative estimate of drug-likeness (QED) is 0.829. The Balaban J connectivity index is 2.36. The van der Waals surface area contributed by atoms with Gasteiger partial charge in [0.25, 0.3) is 5.91 Å². The maximum atomic E-state index is 13.5. The zero-order valence-corrected chi connectivity index (χ0v) is 11.8. The van der Waals surface area contributed by atoms with Crippen LogP contribution in [0.5, 0.6) is 0 Å². The number of halogens is 4. The first kappa shape index (κ1) is 15.1. The number of amides is 1. The maximum Gasteiger partial charge on any atom is 0.258 e. The Morgan fingerprint density at radius 2 is 1.86 bits per heavy atom. The Labute approximate surface area is 126 Å². The molecule has 3 nitrogen and oxygen atoms in total. The van der Waals surface area contributed by atoms with Crippen molar-refractivity contribution in [1.82, 2.24) is 0 Å². The minimum Gasteiger partial charge on any atom is -0.321 e. The molecule has 0 aliphatic carbocycles. The third kappa shape index (κ3) is 3.06. The number of nitrogens with one attached hydrogen (secondary N) is 1. The van der Waals surface area contributed by atoms with Crippen LogP contribution < -0.4 is 5.32 Å². The monoisotopic (exact) mass is 354 g/mol. The van der Waals surface area contributed by atoms with Gasteiger partial charge in [-0.15, -0.1) is 0 Å². The molecule has 0 fully saturated rings. The molecular formula is C14H6BrF3N2O. The van der Waals surface area contributed by atoms with Crippen molar-refractivity contribution in [2.75, 3.05) is 5.32 Å². The van der Waals surface area contributed by atoms with Gasteiger partial charge in [0, 0.05) is 4.47 Å². The van der Waals surface area contributed by atoms with Crippen LogP contribution >= 0.6 is 15.9 Å². The van der Waals surface area contributed by atoms with Gasteiger partial charge >= 0.3 is 0 Å². The number of hydrogen-bond donors (Lipinski definition) is 1. The minimum atomic E-state index is -1.72. The molecule has 2 aromatic carbocycles. The number of anilines is 1. The first-order valence-electron chi connectivity index (χ1n) is 5.58. The van der Waals surface area contributed by atoms with Crippen molar-refractivity contribution in [2.45, 2.75) is 0 Å². The molecule has 2 rings (SSSR count). The van der Waals surface area contributed by atoms with Crippen molar-refractivity contribution in [3.63, 3.8) is 0 Å². The summed E-state index contributed by atoms with van der Waals surface area (Å²) in [6, 6.07) is 7.79. The lowest BCUT2D eigenvalue weighted by atomic mass is 10.1. The molecule has 7 heteroatoms. The normalized spacial score (nSPS) is 10.0. The fourth-order valence-corrected chi connectivity index (χ4v) is 1.97. The lowest BCUT2D eigenvalue weighted by Gasteiger charge is -2.08. The van der Waals surface area contributed by atoms with Crippen LogP contribution in [0.4, 0.5) is 18.9 Å². The van der Waals surface area contributed by atoms with Crippen LogP contribution in [0, 0.1) is 28.8 Å². The van der Waals surface area contributed by atoms with Gasteiger partial charge in [-0.1, -0.05) is 15.9 Å². The smallest absolute Gasteiger partial charge is 0.258 e. The Bertz CT molecular complexity index is 772. The average Bonchev–Trinajstić information content (AvgIpc) is 2.46. The Kier molecular flexibility index (Phi) is 4.29. The highest BCUT2D eigenvalue weighted by atomic mass is 79.9. The zero-order chi connectivity index (χ0) is 15.6. The topological polar surface area (TPSA) is 52.9 Å². The molecule has 0 heterocycles. The lowest BCUT2D eigenvalue weighted by molar-refractivity contribution is 0.102. The highest BCUT2D eigenvalue weighted by Gasteiger charge is 2.19. The fourth-order valence-electron chi connectivity index (χ4n) is 1.61. The number of benzene rings is 2. The van der Waals surface area contributed by atoms with Gasteiger partial charge < -0.3 is 5.32 Å². The molecule has 0 aliphatic heterocycles. The maximum absolute atomic E-state index is 13.5. The summed E-state index contributed by atoms with van der Waals surface area (Å²) in [7, 11) is 0. The van der Waals surface area contributed by atoms with Crippen molar-refractivity contribution < 1.29 is 18.0 Å². The largest absolute Gasteiger partial charge is 0.321 e. The lowest BCUT2D eigenvalue weighted by Crippen LogP contribution is -2.16. The number of carbonyl (C=O) groups excluding carboxylic acids is 1. The summed E-state index contributed by atoms with van der Waals surface area (Å²) < 4.78 is 40.1. The number of nitrogens with zero attached hydrogens (tertiary/aromatic N) is 1. The standard InChI is InChI=1S/C14H6BrF3N2O/c15-8-1-4-11(7(5-8)6-19)20-14(21)9-2-3-10(16)13(18)12(9)17/h1-5H,(H,20,21). The van der Waals surface area contributed by atoms with Gasteiger partial charge in [-0.05, 0) is 30.3 Å². The molecule has 0 bridgehead atoms. The third-order valence-electron chi connectivity index (χ3n) is 2.63. The van der Waals surface area contributed by atoms with E-state index in [4.69, 9.17) is 5.26 Å². The van der Waals surface area contributed by atoms with E-state index in [1.54, 1.807) is 6.07 Å². The first-order valence-corrected chi connectivity index (χ1v) is 6.38. The van der Waals surface area contributed by atoms with E-state index < -0.39 is 28.9 Å². The van der Waals surface area contributed by atoms with Crippen molar-refractivity contribution >= 4 is 27.5 Å². The van der Waals surface area contributed by atoms with Gasteiger partial charge in [0.1, 0.15) is 6.07 Å². The van der Waals surface area contributed by atoms with E-state index in [2.05, 4.69) is 21.2 Å². The summed E-state index contributed by atoms with van der Waals surface area (Å²) in [5.41, 5.74) is -0.378. The van der Waals surface area contributed by atoms with Gasteiger partial charge in [0.2, 0.25) is 0 Å². The summed E-state index contributed by atoms with van der Waals surface area (Å²) in [5, 5.41) is 11.2. The SMILES string of the molecule is N#Cc1cc(Br)ccc1NC(=O)c1ccc(F)c(F)c1F. The van der Waals surface area contributed by atoms with Crippen molar-refractivity contribution in [2.24, 2.45) is 0 Å². The summed E-state index contributed by atoms with van der Waals surface area (Å²) in [6.07, 6.45) is 0. The summed E-state index contributed by atoms with van der Waals surface area (Å²) in [5.74, 6) is -5.67. The van der Waals surface area contributed by atoms with Crippen LogP contribution in [0.3, 0.4) is 0 Å². The van der Waals surface area contributed by atoms with Gasteiger partial charge in [0.15, 0.2) is 17.5 Å². The van der Waals surface area contributed by atoms with E-state index in [-0.39, 0.29) is 11.3 Å². The van der Waals surface area contributed by atoms with Crippen LogP contribution in [0.25, 0.3) is 0 Å². The van der Waals surface area contributed by atoms with Crippen LogP contribution in [0.2, 0.25) is 0 Å². The molecule has 0 radical (unpaired) electrons. The van der Waals surface area contributed by atoms with Crippen molar-refractivity contribution in [3.8, 4) is 6.07 Å². The highest BCUT2D eigenvalue weighted by Crippen LogP contribution is 2.22. The number of nitriles is 1. The van der Waals surface area contributed by atoms with Crippen LogP contribution in [0.15, 0.2) is 34.8 Å². The van der Waals surface area contributed by atoms with E-state index in [1.165, 1.54) is 12.1 Å². The third-order valence-corrected chi connectivity index (χ3v) is 3.12. The molecule has 0 aliphatic rings. The zero-order valence-electron chi connectivity index (χ0n) is 10.3. The fraction of sp³-hybridized carbons (Fsp3) is 0. The minimum absolute atomic E-state index is 0.134. The predicted molar refractivity (Wildman–Crippen MR) is 73.1 cm³/mol. The first-order chi connectivity index (χ1) is 9.93. The second-order valence-corrected chi connectivity index (χ2v) is 4.89. The number of carbonyl (C=O) groups is 1. The molecular weight excluding hydrogens is 349 g/mol. The van der Waals surface area contributed by atoms with Gasteiger partial charge in [-0.2, -0.15) is 5.26 Å². The Morgan fingerprint density at radius 3 is 2.52 bits per heavy atom. The molecule has 0 aromatic heterocycles. The molecule has 0 saturated heterocycles. The highest BCUT2D eigenvalue weighted by molar-refractivity contribution is 9.10. The molecule has 0 unspecified atom stereocenters. The van der Waals surface area contributed by atoms with E-state index in [0.29, 0.717) is 10.5 Å². The van der Waals surface area contributed by atoms with E-state index in [9.17, 15) is 18.0 Å². The summed E-state index contributed by atoms with van der Waals surface area (Å²) in [4.78, 5) is 11.9. The van der Waals surface area contributed by atoms with Crippen LogP contribution in [-0.2, 0) is 0 Å². The second-order valence-electron chi connectivity index (χ2n) is 3.98. The van der Waals surface area contributed by atoms with E-state index in [1.807, 2.05) is 6.07 Å². The van der Waals surface area contributed by atoms with Crippen molar-refractivity contribution in [3.05, 3.63) is 63.4 Å². The number of hydrogen-bond acceptors (Lipinski definition) is 2. The molecule has 1 amide bonds. The van der Waals surface area contributed by atoms with Crippen LogP contribution in [0.1, 0.15) is 15.9 Å². The van der Waals surface area contributed by atoms with E-state index >= 15 is 0 Å². The average molecular weight is 355 g/mol. The van der Waals surface area contributed by atoms with Gasteiger partial charge in [-0.25, -0.2) is 13.2 Å². The Morgan fingerprint density at radius 1 is 1.14 bits per heavy atom. The molecule has 2 aromatic rings. The molecule has 106 valence electrons. The molecule has 21 heavy (non-hydrogen) atoms. The van der Waals surface area contributed by atoms with Gasteiger partial charge in [-0.3, -0.25) is 4.79 Å². The second kappa shape index (κ2) is 5.97. The molecule has 1 N–H and O–H groups in total. The van der Waals surface area contributed by atoms with Crippen molar-refractivity contribution in [1.29, 1.82) is 5.26 Å². The van der Waals surface area contributed by atoms with Gasteiger partial charge in [0.05, 0.1) is 16.8 Å². The molecule has 0 spiro atoms. The number of rotatable bonds is 2. The summed E-state index contributed by atoms with van der Waals surface area (Å²) in [6.45, 7) is 0. The molecule has 0 saturated carbocycles. The van der Waals surface area contributed by atoms with E-state index in [0.717, 1.165) is 6.07 Å². The predicted octanol–water partition coefficient (Wildman–Crippen LogP) is 3.99.